The van der Waals surface area contributed by atoms with Crippen molar-refractivity contribution in [1.29, 1.82) is 0 Å². The summed E-state index contributed by atoms with van der Waals surface area (Å²) in [5, 5.41) is 12.4. The van der Waals surface area contributed by atoms with Gasteiger partial charge in [-0.25, -0.2) is 0 Å². The van der Waals surface area contributed by atoms with Crippen LogP contribution in [0, 0.1) is 5.92 Å². The third kappa shape index (κ3) is 2.91. The molecule has 0 aliphatic carbocycles. The molecule has 1 atom stereocenters. The zero-order valence-corrected chi connectivity index (χ0v) is 9.22. The predicted octanol–water partition coefficient (Wildman–Crippen LogP) is 2.56. The maximum absolute atomic E-state index is 12.6. The molecule has 0 radical (unpaired) electrons. The summed E-state index contributed by atoms with van der Waals surface area (Å²) in [6, 6.07) is 3.73. The summed E-state index contributed by atoms with van der Waals surface area (Å²) >= 11 is 0. The highest BCUT2D eigenvalue weighted by molar-refractivity contribution is 5.38. The van der Waals surface area contributed by atoms with Gasteiger partial charge in [0.25, 0.3) is 0 Å². The molecule has 1 aromatic rings. The zero-order chi connectivity index (χ0) is 12.5. The predicted molar refractivity (Wildman–Crippen MR) is 57.8 cm³/mol. The Balaban J connectivity index is 2.18. The van der Waals surface area contributed by atoms with E-state index < -0.39 is 17.5 Å². The molecule has 5 heteroatoms. The van der Waals surface area contributed by atoms with E-state index >= 15 is 0 Å². The molecule has 1 fully saturated rings. The van der Waals surface area contributed by atoms with Gasteiger partial charge in [-0.1, -0.05) is 6.07 Å². The van der Waals surface area contributed by atoms with Crippen LogP contribution in [0.25, 0.3) is 0 Å². The van der Waals surface area contributed by atoms with Crippen LogP contribution in [0.15, 0.2) is 18.2 Å². The minimum Gasteiger partial charge on any atom is -0.507 e. The van der Waals surface area contributed by atoms with E-state index in [0.29, 0.717) is 17.9 Å². The number of rotatable bonds is 2. The van der Waals surface area contributed by atoms with Crippen LogP contribution in [0.4, 0.5) is 13.2 Å². The Labute approximate surface area is 97.5 Å². The van der Waals surface area contributed by atoms with Crippen LogP contribution in [0.5, 0.6) is 5.75 Å². The van der Waals surface area contributed by atoms with Gasteiger partial charge in [-0.2, -0.15) is 13.2 Å². The third-order valence-electron chi connectivity index (χ3n) is 3.05. The third-order valence-corrected chi connectivity index (χ3v) is 3.05. The van der Waals surface area contributed by atoms with Gasteiger partial charge in [0, 0.05) is 0 Å². The number of phenols is 1. The largest absolute Gasteiger partial charge is 0.507 e. The van der Waals surface area contributed by atoms with Crippen molar-refractivity contribution >= 4 is 0 Å². The molecule has 2 N–H and O–H groups in total. The van der Waals surface area contributed by atoms with Crippen molar-refractivity contribution in [2.24, 2.45) is 5.92 Å². The summed E-state index contributed by atoms with van der Waals surface area (Å²) in [4.78, 5) is 0. The molecule has 17 heavy (non-hydrogen) atoms. The number of halogens is 3. The second-order valence-electron chi connectivity index (χ2n) is 4.41. The number of phenolic OH excluding ortho intramolecular Hbond substituents is 1. The summed E-state index contributed by atoms with van der Waals surface area (Å²) in [6.07, 6.45) is -2.88. The summed E-state index contributed by atoms with van der Waals surface area (Å²) in [7, 11) is 0. The lowest BCUT2D eigenvalue weighted by atomic mass is 9.97. The SMILES string of the molecule is Oc1ccc(CC2CCNC2)cc1C(F)(F)F. The molecule has 1 heterocycles. The lowest BCUT2D eigenvalue weighted by Gasteiger charge is -2.13. The summed E-state index contributed by atoms with van der Waals surface area (Å²) in [5.41, 5.74) is -0.315. The molecule has 1 aliphatic heterocycles. The summed E-state index contributed by atoms with van der Waals surface area (Å²) in [6.45, 7) is 1.77. The molecular weight excluding hydrogens is 231 g/mol. The van der Waals surface area contributed by atoms with Gasteiger partial charge in [0.2, 0.25) is 0 Å². The molecule has 2 nitrogen and oxygen atoms in total. The minimum absolute atomic E-state index is 0.389. The Morgan fingerprint density at radius 3 is 2.71 bits per heavy atom. The van der Waals surface area contributed by atoms with Crippen LogP contribution >= 0.6 is 0 Å². The average molecular weight is 245 g/mol. The molecule has 0 aromatic heterocycles. The van der Waals surface area contributed by atoms with E-state index in [2.05, 4.69) is 5.32 Å². The highest BCUT2D eigenvalue weighted by atomic mass is 19.4. The van der Waals surface area contributed by atoms with Crippen molar-refractivity contribution in [3.05, 3.63) is 29.3 Å². The highest BCUT2D eigenvalue weighted by Crippen LogP contribution is 2.36. The standard InChI is InChI=1S/C12H14F3NO/c13-12(14,15)10-6-8(1-2-11(10)17)5-9-3-4-16-7-9/h1-2,6,9,16-17H,3-5,7H2. The van der Waals surface area contributed by atoms with Crippen molar-refractivity contribution in [3.63, 3.8) is 0 Å². The van der Waals surface area contributed by atoms with E-state index in [1.165, 1.54) is 0 Å². The van der Waals surface area contributed by atoms with Gasteiger partial charge in [-0.3, -0.25) is 0 Å². The lowest BCUT2D eigenvalue weighted by Crippen LogP contribution is -2.11. The molecule has 1 unspecified atom stereocenters. The monoisotopic (exact) mass is 245 g/mol. The number of aromatic hydroxyl groups is 1. The Bertz CT molecular complexity index is 397. The Hall–Kier alpha value is -1.23. The fourth-order valence-corrected chi connectivity index (χ4v) is 2.16. The number of benzene rings is 1. The van der Waals surface area contributed by atoms with Crippen LogP contribution in [-0.2, 0) is 12.6 Å². The van der Waals surface area contributed by atoms with Gasteiger partial charge in [0.05, 0.1) is 5.56 Å². The average Bonchev–Trinajstić information content (AvgIpc) is 2.72. The Morgan fingerprint density at radius 1 is 1.35 bits per heavy atom. The van der Waals surface area contributed by atoms with Gasteiger partial charge >= 0.3 is 6.18 Å². The number of alkyl halides is 3. The van der Waals surface area contributed by atoms with Crippen molar-refractivity contribution in [2.75, 3.05) is 13.1 Å². The van der Waals surface area contributed by atoms with Gasteiger partial charge in [-0.05, 0) is 49.5 Å². The first-order valence-electron chi connectivity index (χ1n) is 5.56. The fraction of sp³-hybridized carbons (Fsp3) is 0.500. The van der Waals surface area contributed by atoms with E-state index in [0.717, 1.165) is 31.6 Å². The maximum Gasteiger partial charge on any atom is 0.419 e. The normalized spacial score (nSPS) is 20.8. The molecule has 0 bridgehead atoms. The van der Waals surface area contributed by atoms with E-state index in [9.17, 15) is 18.3 Å². The second kappa shape index (κ2) is 4.56. The second-order valence-corrected chi connectivity index (χ2v) is 4.41. The van der Waals surface area contributed by atoms with Crippen molar-refractivity contribution in [2.45, 2.75) is 19.0 Å². The first kappa shape index (κ1) is 12.2. The van der Waals surface area contributed by atoms with Gasteiger partial charge in [-0.15, -0.1) is 0 Å². The number of hydrogen-bond donors (Lipinski definition) is 2. The van der Waals surface area contributed by atoms with E-state index in [1.54, 1.807) is 6.07 Å². The summed E-state index contributed by atoms with van der Waals surface area (Å²) < 4.78 is 37.7. The Morgan fingerprint density at radius 2 is 2.12 bits per heavy atom. The van der Waals surface area contributed by atoms with E-state index in [4.69, 9.17) is 0 Å². The number of nitrogens with one attached hydrogen (secondary N) is 1. The summed E-state index contributed by atoms with van der Waals surface area (Å²) in [5.74, 6) is -0.313. The number of hydrogen-bond acceptors (Lipinski definition) is 2. The molecule has 0 saturated carbocycles. The van der Waals surface area contributed by atoms with Crippen LogP contribution < -0.4 is 5.32 Å². The molecule has 94 valence electrons. The van der Waals surface area contributed by atoms with Crippen molar-refractivity contribution in [1.82, 2.24) is 5.32 Å². The first-order valence-corrected chi connectivity index (χ1v) is 5.56. The molecular formula is C12H14F3NO. The van der Waals surface area contributed by atoms with Crippen LogP contribution in [0.3, 0.4) is 0 Å². The minimum atomic E-state index is -4.49. The molecule has 1 aliphatic rings. The smallest absolute Gasteiger partial charge is 0.419 e. The lowest BCUT2D eigenvalue weighted by molar-refractivity contribution is -0.138. The maximum atomic E-state index is 12.6. The highest BCUT2D eigenvalue weighted by Gasteiger charge is 2.34. The molecule has 2 rings (SSSR count). The zero-order valence-electron chi connectivity index (χ0n) is 9.22. The van der Waals surface area contributed by atoms with Crippen LogP contribution in [0.1, 0.15) is 17.5 Å². The molecule has 0 spiro atoms. The van der Waals surface area contributed by atoms with Crippen molar-refractivity contribution < 1.29 is 18.3 Å². The quantitative estimate of drug-likeness (QED) is 0.839. The van der Waals surface area contributed by atoms with Crippen LogP contribution in [-0.4, -0.2) is 18.2 Å². The van der Waals surface area contributed by atoms with Crippen LogP contribution in [0.2, 0.25) is 0 Å². The molecule has 1 saturated heterocycles. The van der Waals surface area contributed by atoms with Gasteiger partial charge in [0.1, 0.15) is 5.75 Å². The first-order chi connectivity index (χ1) is 7.97. The molecule has 1 aromatic carbocycles. The fourth-order valence-electron chi connectivity index (χ4n) is 2.16. The van der Waals surface area contributed by atoms with E-state index in [-0.39, 0.29) is 0 Å². The molecule has 0 amide bonds. The van der Waals surface area contributed by atoms with Gasteiger partial charge < -0.3 is 10.4 Å². The van der Waals surface area contributed by atoms with Gasteiger partial charge in [0.15, 0.2) is 0 Å². The topological polar surface area (TPSA) is 32.3 Å². The van der Waals surface area contributed by atoms with E-state index in [1.807, 2.05) is 0 Å². The Kier molecular flexibility index (Phi) is 3.28. The van der Waals surface area contributed by atoms with Crippen molar-refractivity contribution in [3.8, 4) is 5.75 Å².